The van der Waals surface area contributed by atoms with Gasteiger partial charge in [-0.15, -0.1) is 0 Å². The van der Waals surface area contributed by atoms with Gasteiger partial charge in [0.15, 0.2) is 5.69 Å². The number of ether oxygens (including phenoxy) is 1. The molecule has 2 aromatic carbocycles. The Labute approximate surface area is 176 Å². The van der Waals surface area contributed by atoms with Gasteiger partial charge in [-0.25, -0.2) is 4.68 Å². The van der Waals surface area contributed by atoms with Crippen LogP contribution in [0, 0.1) is 0 Å². The van der Waals surface area contributed by atoms with E-state index in [0.29, 0.717) is 10.4 Å². The van der Waals surface area contributed by atoms with Gasteiger partial charge in [0, 0.05) is 11.6 Å². The quantitative estimate of drug-likeness (QED) is 0.572. The second-order valence-electron chi connectivity index (χ2n) is 6.79. The molecule has 0 aliphatic rings. The molecular formula is C21H19ClF3N3O2. The summed E-state index contributed by atoms with van der Waals surface area (Å²) in [6.07, 6.45) is -3.87. The lowest BCUT2D eigenvalue weighted by molar-refractivity contribution is -0.143. The minimum Gasteiger partial charge on any atom is -0.491 e. The fourth-order valence-corrected chi connectivity index (χ4v) is 3.01. The van der Waals surface area contributed by atoms with Crippen LogP contribution >= 0.6 is 11.6 Å². The van der Waals surface area contributed by atoms with E-state index in [1.807, 2.05) is 13.8 Å². The number of nitrogens with zero attached hydrogens (tertiary/aromatic N) is 2. The van der Waals surface area contributed by atoms with Crippen molar-refractivity contribution in [3.63, 3.8) is 0 Å². The first-order valence-corrected chi connectivity index (χ1v) is 9.48. The van der Waals surface area contributed by atoms with Crippen molar-refractivity contribution in [2.45, 2.75) is 32.7 Å². The third kappa shape index (κ3) is 5.13. The van der Waals surface area contributed by atoms with Crippen LogP contribution in [0.4, 0.5) is 13.2 Å². The summed E-state index contributed by atoms with van der Waals surface area (Å²) in [6.45, 7) is 3.85. The number of rotatable bonds is 6. The third-order valence-corrected chi connectivity index (χ3v) is 4.32. The van der Waals surface area contributed by atoms with Crippen LogP contribution in [0.2, 0.25) is 5.02 Å². The summed E-state index contributed by atoms with van der Waals surface area (Å²) in [5.74, 6) is -0.208. The monoisotopic (exact) mass is 437 g/mol. The number of benzene rings is 2. The molecule has 3 aromatic rings. The Balaban J connectivity index is 1.80. The molecule has 0 aliphatic heterocycles. The van der Waals surface area contributed by atoms with Gasteiger partial charge in [0.25, 0.3) is 5.91 Å². The van der Waals surface area contributed by atoms with E-state index in [2.05, 4.69) is 10.4 Å². The van der Waals surface area contributed by atoms with Crippen molar-refractivity contribution in [3.05, 3.63) is 76.6 Å². The van der Waals surface area contributed by atoms with Crippen molar-refractivity contribution in [3.8, 4) is 11.4 Å². The van der Waals surface area contributed by atoms with Crippen LogP contribution in [0.25, 0.3) is 5.69 Å². The molecule has 3 rings (SSSR count). The Hall–Kier alpha value is -3.00. The van der Waals surface area contributed by atoms with E-state index in [-0.39, 0.29) is 23.4 Å². The van der Waals surface area contributed by atoms with Crippen LogP contribution in [-0.4, -0.2) is 21.8 Å². The maximum absolute atomic E-state index is 13.7. The Kier molecular flexibility index (Phi) is 6.36. The molecule has 0 fully saturated rings. The second kappa shape index (κ2) is 8.79. The molecule has 1 heterocycles. The number of carbonyl (C=O) groups is 1. The lowest BCUT2D eigenvalue weighted by Crippen LogP contribution is -2.26. The van der Waals surface area contributed by atoms with Crippen molar-refractivity contribution in [2.75, 3.05) is 0 Å². The van der Waals surface area contributed by atoms with Gasteiger partial charge in [-0.1, -0.05) is 29.8 Å². The zero-order valence-electron chi connectivity index (χ0n) is 16.2. The molecule has 1 aromatic heterocycles. The van der Waals surface area contributed by atoms with Gasteiger partial charge in [-0.05, 0) is 49.7 Å². The molecule has 0 spiro atoms. The van der Waals surface area contributed by atoms with Crippen LogP contribution in [0.3, 0.4) is 0 Å². The Morgan fingerprint density at radius 1 is 1.20 bits per heavy atom. The zero-order valence-corrected chi connectivity index (χ0v) is 17.0. The summed E-state index contributed by atoms with van der Waals surface area (Å²) in [5, 5.41) is 6.53. The molecule has 9 heteroatoms. The van der Waals surface area contributed by atoms with E-state index >= 15 is 0 Å². The molecule has 1 amide bonds. The number of hydrogen-bond acceptors (Lipinski definition) is 3. The summed E-state index contributed by atoms with van der Waals surface area (Å²) in [4.78, 5) is 12.5. The van der Waals surface area contributed by atoms with E-state index in [9.17, 15) is 18.0 Å². The SMILES string of the molecule is CC(C)Oc1ccc(CNC(=O)c2cnn(-c3cccc(Cl)c3)c2C(F)(F)F)cc1. The maximum atomic E-state index is 13.7. The highest BCUT2D eigenvalue weighted by Crippen LogP contribution is 2.34. The first-order chi connectivity index (χ1) is 14.1. The number of amides is 1. The van der Waals surface area contributed by atoms with E-state index in [1.165, 1.54) is 24.3 Å². The van der Waals surface area contributed by atoms with Crippen LogP contribution in [-0.2, 0) is 12.7 Å². The molecule has 0 radical (unpaired) electrons. The number of halogens is 4. The zero-order chi connectivity index (χ0) is 21.9. The van der Waals surface area contributed by atoms with E-state index < -0.39 is 23.3 Å². The smallest absolute Gasteiger partial charge is 0.434 e. The van der Waals surface area contributed by atoms with Gasteiger partial charge >= 0.3 is 6.18 Å². The highest BCUT2D eigenvalue weighted by atomic mass is 35.5. The molecule has 0 aliphatic carbocycles. The number of alkyl halides is 3. The molecule has 5 nitrogen and oxygen atoms in total. The number of nitrogens with one attached hydrogen (secondary N) is 1. The van der Waals surface area contributed by atoms with E-state index in [1.54, 1.807) is 24.3 Å². The van der Waals surface area contributed by atoms with Crippen LogP contribution in [0.15, 0.2) is 54.7 Å². The molecule has 0 unspecified atom stereocenters. The molecule has 158 valence electrons. The average Bonchev–Trinajstić information content (AvgIpc) is 3.12. The summed E-state index contributed by atoms with van der Waals surface area (Å²) in [5.41, 5.74) is -0.907. The lowest BCUT2D eigenvalue weighted by atomic mass is 10.2. The molecule has 0 atom stereocenters. The Morgan fingerprint density at radius 3 is 2.50 bits per heavy atom. The van der Waals surface area contributed by atoms with Gasteiger partial charge in [0.2, 0.25) is 0 Å². The Bertz CT molecular complexity index is 1030. The first kappa shape index (κ1) is 21.7. The summed E-state index contributed by atoms with van der Waals surface area (Å²) >= 11 is 5.88. The van der Waals surface area contributed by atoms with Crippen LogP contribution in [0.1, 0.15) is 35.5 Å². The molecule has 0 bridgehead atoms. The van der Waals surface area contributed by atoms with Gasteiger partial charge in [-0.3, -0.25) is 4.79 Å². The average molecular weight is 438 g/mol. The summed E-state index contributed by atoms with van der Waals surface area (Å²) < 4.78 is 47.3. The lowest BCUT2D eigenvalue weighted by Gasteiger charge is -2.13. The fraction of sp³-hybridized carbons (Fsp3) is 0.238. The van der Waals surface area contributed by atoms with E-state index in [0.717, 1.165) is 11.8 Å². The normalized spacial score (nSPS) is 11.6. The predicted molar refractivity (Wildman–Crippen MR) is 107 cm³/mol. The van der Waals surface area contributed by atoms with Gasteiger partial charge in [0.05, 0.1) is 23.6 Å². The molecule has 30 heavy (non-hydrogen) atoms. The van der Waals surface area contributed by atoms with Crippen LogP contribution < -0.4 is 10.1 Å². The van der Waals surface area contributed by atoms with Gasteiger partial charge < -0.3 is 10.1 Å². The van der Waals surface area contributed by atoms with Gasteiger partial charge in [0.1, 0.15) is 5.75 Å². The van der Waals surface area contributed by atoms with Crippen molar-refractivity contribution in [1.29, 1.82) is 0 Å². The summed E-state index contributed by atoms with van der Waals surface area (Å²) in [7, 11) is 0. The minimum absolute atomic E-state index is 0.0207. The predicted octanol–water partition coefficient (Wildman–Crippen LogP) is 5.26. The molecular weight excluding hydrogens is 419 g/mol. The van der Waals surface area contributed by atoms with Crippen molar-refractivity contribution < 1.29 is 22.7 Å². The standard InChI is InChI=1S/C21H19ClF3N3O2/c1-13(2)30-17-8-6-14(7-9-17)11-26-20(29)18-12-27-28(19(18)21(23,24)25)16-5-3-4-15(22)10-16/h3-10,12-13H,11H2,1-2H3,(H,26,29). The van der Waals surface area contributed by atoms with Crippen molar-refractivity contribution in [2.24, 2.45) is 0 Å². The highest BCUT2D eigenvalue weighted by Gasteiger charge is 2.40. The van der Waals surface area contributed by atoms with Crippen molar-refractivity contribution >= 4 is 17.5 Å². The topological polar surface area (TPSA) is 56.1 Å². The summed E-state index contributed by atoms with van der Waals surface area (Å²) in [6, 6.07) is 12.7. The first-order valence-electron chi connectivity index (χ1n) is 9.10. The minimum atomic E-state index is -4.79. The van der Waals surface area contributed by atoms with Crippen molar-refractivity contribution in [1.82, 2.24) is 15.1 Å². The second-order valence-corrected chi connectivity index (χ2v) is 7.23. The van der Waals surface area contributed by atoms with Gasteiger partial charge in [-0.2, -0.15) is 18.3 Å². The van der Waals surface area contributed by atoms with Crippen LogP contribution in [0.5, 0.6) is 5.75 Å². The third-order valence-electron chi connectivity index (χ3n) is 4.08. The maximum Gasteiger partial charge on any atom is 0.434 e. The largest absolute Gasteiger partial charge is 0.491 e. The highest BCUT2D eigenvalue weighted by molar-refractivity contribution is 6.30. The number of carbonyl (C=O) groups excluding carboxylic acids is 1. The molecule has 1 N–H and O–H groups in total. The number of aromatic nitrogens is 2. The Morgan fingerprint density at radius 2 is 1.90 bits per heavy atom. The fourth-order valence-electron chi connectivity index (χ4n) is 2.83. The molecule has 0 saturated carbocycles. The number of hydrogen-bond donors (Lipinski definition) is 1. The van der Waals surface area contributed by atoms with E-state index in [4.69, 9.17) is 16.3 Å². The molecule has 0 saturated heterocycles.